The van der Waals surface area contributed by atoms with Crippen LogP contribution in [0.15, 0.2) is 57.4 Å². The number of nitrogens with zero attached hydrogens (tertiary/aromatic N) is 3. The quantitative estimate of drug-likeness (QED) is 0.147. The van der Waals surface area contributed by atoms with Crippen LogP contribution < -0.4 is 15.0 Å². The molecule has 3 aromatic rings. The highest BCUT2D eigenvalue weighted by molar-refractivity contribution is 9.10. The molecule has 2 atom stereocenters. The van der Waals surface area contributed by atoms with Gasteiger partial charge in [0.15, 0.2) is 17.6 Å². The van der Waals surface area contributed by atoms with E-state index in [9.17, 15) is 9.59 Å². The predicted octanol–water partition coefficient (Wildman–Crippen LogP) is 6.01. The van der Waals surface area contributed by atoms with Crippen molar-refractivity contribution in [3.8, 4) is 11.5 Å². The van der Waals surface area contributed by atoms with Crippen molar-refractivity contribution in [1.82, 2.24) is 9.66 Å². The van der Waals surface area contributed by atoms with Gasteiger partial charge >= 0.3 is 5.97 Å². The van der Waals surface area contributed by atoms with E-state index < -0.39 is 12.1 Å². The largest absolute Gasteiger partial charge is 0.490 e. The maximum absolute atomic E-state index is 13.5. The third kappa shape index (κ3) is 6.69. The van der Waals surface area contributed by atoms with E-state index in [4.69, 9.17) is 19.2 Å². The number of allylic oxidation sites excluding steroid dienone is 1. The van der Waals surface area contributed by atoms with Crippen LogP contribution in [0, 0.1) is 0 Å². The number of benzene rings is 2. The molecular formula is C29H34BrN3O5. The summed E-state index contributed by atoms with van der Waals surface area (Å²) in [6, 6.07) is 9.09. The summed E-state index contributed by atoms with van der Waals surface area (Å²) in [5.74, 6) is 1.04. The van der Waals surface area contributed by atoms with E-state index in [1.165, 1.54) is 4.68 Å². The van der Waals surface area contributed by atoms with Crippen molar-refractivity contribution in [2.75, 3.05) is 13.2 Å². The number of hydrogen-bond donors (Lipinski definition) is 0. The summed E-state index contributed by atoms with van der Waals surface area (Å²) in [4.78, 5) is 30.4. The minimum absolute atomic E-state index is 0.0170. The molecule has 0 aliphatic rings. The average molecular weight is 585 g/mol. The molecule has 0 fully saturated rings. The molecule has 1 aromatic heterocycles. The van der Waals surface area contributed by atoms with Gasteiger partial charge in [0.25, 0.3) is 5.56 Å². The summed E-state index contributed by atoms with van der Waals surface area (Å²) in [5, 5.41) is 5.05. The molecule has 0 bridgehead atoms. The van der Waals surface area contributed by atoms with Gasteiger partial charge in [0, 0.05) is 16.0 Å². The molecule has 3 rings (SSSR count). The first-order valence-electron chi connectivity index (χ1n) is 12.7. The molecule has 8 nitrogen and oxygen atoms in total. The maximum atomic E-state index is 13.5. The third-order valence-corrected chi connectivity index (χ3v) is 6.43. The number of carbonyl (C=O) groups excluding carboxylic acids is 1. The van der Waals surface area contributed by atoms with Crippen LogP contribution in [-0.4, -0.2) is 41.2 Å². The number of hydrogen-bond acceptors (Lipinski definition) is 7. The maximum Gasteiger partial charge on any atom is 0.347 e. The second-order valence-electron chi connectivity index (χ2n) is 8.75. The topological polar surface area (TPSA) is 92.0 Å². The van der Waals surface area contributed by atoms with Crippen LogP contribution in [0.25, 0.3) is 10.9 Å². The molecular weight excluding hydrogens is 550 g/mol. The molecule has 38 heavy (non-hydrogen) atoms. The molecule has 2 aromatic carbocycles. The lowest BCUT2D eigenvalue weighted by Crippen LogP contribution is -2.26. The number of fused-ring (bicyclic) bond motifs is 1. The van der Waals surface area contributed by atoms with Gasteiger partial charge in [-0.3, -0.25) is 4.79 Å². The minimum Gasteiger partial charge on any atom is -0.490 e. The average Bonchev–Trinajstić information content (AvgIpc) is 2.90. The fourth-order valence-electron chi connectivity index (χ4n) is 3.85. The number of ether oxygens (including phenoxy) is 3. The second-order valence-corrected chi connectivity index (χ2v) is 9.66. The van der Waals surface area contributed by atoms with Gasteiger partial charge in [0.2, 0.25) is 0 Å². The van der Waals surface area contributed by atoms with Crippen LogP contribution in [-0.2, 0) is 16.0 Å². The summed E-state index contributed by atoms with van der Waals surface area (Å²) in [5.41, 5.74) is 1.84. The molecule has 9 heteroatoms. The summed E-state index contributed by atoms with van der Waals surface area (Å²) in [6.45, 7) is 13.8. The first-order valence-corrected chi connectivity index (χ1v) is 13.5. The first kappa shape index (κ1) is 29.1. The summed E-state index contributed by atoms with van der Waals surface area (Å²) in [7, 11) is 0. The van der Waals surface area contributed by atoms with E-state index in [0.29, 0.717) is 46.8 Å². The van der Waals surface area contributed by atoms with Gasteiger partial charge in [0.1, 0.15) is 5.82 Å². The second kappa shape index (κ2) is 13.4. The van der Waals surface area contributed by atoms with Crippen LogP contribution >= 0.6 is 15.9 Å². The lowest BCUT2D eigenvalue weighted by molar-refractivity contribution is -0.150. The smallest absolute Gasteiger partial charge is 0.347 e. The molecule has 0 saturated heterocycles. The van der Waals surface area contributed by atoms with Gasteiger partial charge in [-0.05, 0) is 69.5 Å². The van der Waals surface area contributed by atoms with E-state index in [-0.39, 0.29) is 18.1 Å². The molecule has 0 aliphatic heterocycles. The summed E-state index contributed by atoms with van der Waals surface area (Å²) < 4.78 is 19.1. The van der Waals surface area contributed by atoms with Crippen molar-refractivity contribution >= 4 is 39.0 Å². The van der Waals surface area contributed by atoms with E-state index in [2.05, 4.69) is 27.6 Å². The van der Waals surface area contributed by atoms with Crippen LogP contribution in [0.3, 0.4) is 0 Å². The highest BCUT2D eigenvalue weighted by Crippen LogP contribution is 2.34. The fourth-order valence-corrected chi connectivity index (χ4v) is 4.21. The van der Waals surface area contributed by atoms with E-state index >= 15 is 0 Å². The zero-order valence-electron chi connectivity index (χ0n) is 22.5. The molecule has 0 saturated carbocycles. The van der Waals surface area contributed by atoms with Crippen molar-refractivity contribution in [3.05, 3.63) is 74.8 Å². The minimum atomic E-state index is -0.822. The normalized spacial score (nSPS) is 12.9. The van der Waals surface area contributed by atoms with E-state index in [0.717, 1.165) is 16.5 Å². The fraction of sp³-hybridized carbons (Fsp3) is 0.379. The molecule has 0 N–H and O–H groups in total. The Morgan fingerprint density at radius 3 is 2.61 bits per heavy atom. The van der Waals surface area contributed by atoms with Gasteiger partial charge in [-0.15, -0.1) is 6.58 Å². The van der Waals surface area contributed by atoms with Crippen molar-refractivity contribution in [2.24, 2.45) is 5.10 Å². The third-order valence-electron chi connectivity index (χ3n) is 5.94. The van der Waals surface area contributed by atoms with Gasteiger partial charge in [-0.25, -0.2) is 9.78 Å². The Morgan fingerprint density at radius 2 is 1.95 bits per heavy atom. The number of carbonyl (C=O) groups is 1. The highest BCUT2D eigenvalue weighted by Gasteiger charge is 2.21. The van der Waals surface area contributed by atoms with Gasteiger partial charge in [0.05, 0.1) is 30.3 Å². The number of esters is 1. The summed E-state index contributed by atoms with van der Waals surface area (Å²) >= 11 is 3.44. The van der Waals surface area contributed by atoms with Crippen LogP contribution in [0.4, 0.5) is 0 Å². The Hall–Kier alpha value is -3.46. The molecule has 0 amide bonds. The van der Waals surface area contributed by atoms with Crippen LogP contribution in [0.5, 0.6) is 11.5 Å². The van der Waals surface area contributed by atoms with Crippen molar-refractivity contribution in [2.45, 2.75) is 59.5 Å². The van der Waals surface area contributed by atoms with E-state index in [1.54, 1.807) is 38.3 Å². The number of aromatic nitrogens is 2. The molecule has 0 radical (unpaired) electrons. The summed E-state index contributed by atoms with van der Waals surface area (Å²) in [6.07, 6.45) is 3.79. The first-order chi connectivity index (χ1) is 18.2. The zero-order chi connectivity index (χ0) is 27.8. The predicted molar refractivity (Wildman–Crippen MR) is 154 cm³/mol. The highest BCUT2D eigenvalue weighted by atomic mass is 79.9. The van der Waals surface area contributed by atoms with Crippen molar-refractivity contribution < 1.29 is 19.0 Å². The Labute approximate surface area is 231 Å². The molecule has 1 heterocycles. The van der Waals surface area contributed by atoms with Crippen LogP contribution in [0.2, 0.25) is 0 Å². The SMILES string of the molecule is C=CCc1cc(C=Nn2c([C@H](C)CC)nc3ccc(Br)cc3c2=O)cc(OCC)c1O[C@@H](C)C(=O)OCC. The monoisotopic (exact) mass is 583 g/mol. The standard InChI is InChI=1S/C29H34BrN3O5/c1-7-11-21-14-20(15-25(36-9-3)26(21)38-19(6)29(35)37-10-4)17-31-33-27(18(5)8-2)32-24-13-12-22(30)16-23(24)28(33)34/h7,12-19H,1,8-11H2,2-6H3/t18-,19+/m1/s1. The number of halogens is 1. The lowest BCUT2D eigenvalue weighted by atomic mass is 10.1. The molecule has 0 aliphatic carbocycles. The molecule has 202 valence electrons. The van der Waals surface area contributed by atoms with Gasteiger partial charge < -0.3 is 14.2 Å². The Morgan fingerprint density at radius 1 is 1.18 bits per heavy atom. The Bertz CT molecular complexity index is 1400. The Balaban J connectivity index is 2.12. The van der Waals surface area contributed by atoms with Gasteiger partial charge in [-0.1, -0.05) is 35.9 Å². The van der Waals surface area contributed by atoms with E-state index in [1.807, 2.05) is 39.0 Å². The Kier molecular flexibility index (Phi) is 10.2. The van der Waals surface area contributed by atoms with Crippen LogP contribution in [0.1, 0.15) is 63.9 Å². The van der Waals surface area contributed by atoms with Crippen molar-refractivity contribution in [1.29, 1.82) is 0 Å². The number of rotatable bonds is 12. The molecule has 0 unspecified atom stereocenters. The molecule has 0 spiro atoms. The lowest BCUT2D eigenvalue weighted by Gasteiger charge is -2.20. The van der Waals surface area contributed by atoms with Crippen molar-refractivity contribution in [3.63, 3.8) is 0 Å². The zero-order valence-corrected chi connectivity index (χ0v) is 24.1. The van der Waals surface area contributed by atoms with Gasteiger partial charge in [-0.2, -0.15) is 9.78 Å².